The summed E-state index contributed by atoms with van der Waals surface area (Å²) in [6.45, 7) is 10.9. The van der Waals surface area contributed by atoms with Crippen LogP contribution in [0.15, 0.2) is 54.0 Å². The van der Waals surface area contributed by atoms with Gasteiger partial charge in [0, 0.05) is 22.2 Å². The van der Waals surface area contributed by atoms with Crippen LogP contribution >= 0.6 is 11.3 Å². The second kappa shape index (κ2) is 6.82. The van der Waals surface area contributed by atoms with Gasteiger partial charge in [0.05, 0.1) is 11.4 Å². The Bertz CT molecular complexity index is 1070. The summed E-state index contributed by atoms with van der Waals surface area (Å²) >= 11 is 1.79. The lowest BCUT2D eigenvalue weighted by Crippen LogP contribution is -2.02. The summed E-state index contributed by atoms with van der Waals surface area (Å²) in [5, 5.41) is 2.22. The van der Waals surface area contributed by atoms with Crippen molar-refractivity contribution in [2.45, 2.75) is 34.6 Å². The molecule has 0 bridgehead atoms. The van der Waals surface area contributed by atoms with Gasteiger partial charge >= 0.3 is 0 Å². The maximum Gasteiger partial charge on any atom is 0.145 e. The van der Waals surface area contributed by atoms with Crippen molar-refractivity contribution < 1.29 is 0 Å². The highest BCUT2D eigenvalue weighted by Gasteiger charge is 2.18. The van der Waals surface area contributed by atoms with Crippen molar-refractivity contribution in [1.82, 2.24) is 9.55 Å². The van der Waals surface area contributed by atoms with E-state index >= 15 is 0 Å². The molecule has 0 saturated carbocycles. The lowest BCUT2D eigenvalue weighted by Gasteiger charge is -2.15. The number of benzene rings is 2. The van der Waals surface area contributed by atoms with Crippen LogP contribution in [0.25, 0.3) is 28.3 Å². The van der Waals surface area contributed by atoms with E-state index in [4.69, 9.17) is 4.98 Å². The standard InChI is InChI=1S/C24H24N2S/c1-15-11-16(2)23(17(3)12-15)26-13-21(22-18(4)14-27-19(22)5)25-24(26)20-9-7-6-8-10-20/h6-14H,1-5H3. The number of hydrogen-bond acceptors (Lipinski definition) is 2. The average molecular weight is 373 g/mol. The van der Waals surface area contributed by atoms with E-state index < -0.39 is 0 Å². The van der Waals surface area contributed by atoms with Crippen LogP contribution in [-0.4, -0.2) is 9.55 Å². The molecule has 2 aromatic heterocycles. The third kappa shape index (κ3) is 3.13. The van der Waals surface area contributed by atoms with Gasteiger partial charge in [0.1, 0.15) is 5.82 Å². The Labute approximate surface area is 165 Å². The number of hydrogen-bond donors (Lipinski definition) is 0. The zero-order valence-electron chi connectivity index (χ0n) is 16.5. The fourth-order valence-corrected chi connectivity index (χ4v) is 4.82. The molecule has 27 heavy (non-hydrogen) atoms. The van der Waals surface area contributed by atoms with Crippen molar-refractivity contribution in [3.8, 4) is 28.3 Å². The van der Waals surface area contributed by atoms with E-state index in [1.54, 1.807) is 11.3 Å². The van der Waals surface area contributed by atoms with E-state index in [0.29, 0.717) is 0 Å². The van der Waals surface area contributed by atoms with Crippen LogP contribution in [0.2, 0.25) is 0 Å². The minimum absolute atomic E-state index is 0.991. The second-order valence-corrected chi connectivity index (χ2v) is 8.37. The van der Waals surface area contributed by atoms with E-state index in [-0.39, 0.29) is 0 Å². The van der Waals surface area contributed by atoms with Crippen LogP contribution in [0.3, 0.4) is 0 Å². The molecule has 2 nitrogen and oxygen atoms in total. The summed E-state index contributed by atoms with van der Waals surface area (Å²) in [7, 11) is 0. The van der Waals surface area contributed by atoms with Gasteiger partial charge in [-0.05, 0) is 56.7 Å². The van der Waals surface area contributed by atoms with Gasteiger partial charge in [0.2, 0.25) is 0 Å². The molecule has 3 heteroatoms. The van der Waals surface area contributed by atoms with E-state index in [1.165, 1.54) is 38.4 Å². The third-order valence-corrected chi connectivity index (χ3v) is 6.06. The Morgan fingerprint density at radius 2 is 1.52 bits per heavy atom. The minimum atomic E-state index is 0.991. The van der Waals surface area contributed by atoms with Crippen LogP contribution in [0.1, 0.15) is 27.1 Å². The summed E-state index contributed by atoms with van der Waals surface area (Å²) in [5.41, 5.74) is 9.79. The molecule has 4 aromatic rings. The molecule has 0 saturated heterocycles. The molecule has 136 valence electrons. The first-order valence-electron chi connectivity index (χ1n) is 9.24. The van der Waals surface area contributed by atoms with Gasteiger partial charge in [-0.1, -0.05) is 48.0 Å². The largest absolute Gasteiger partial charge is 0.299 e. The number of imidazole rings is 1. The summed E-state index contributed by atoms with van der Waals surface area (Å²) in [5.74, 6) is 0.991. The van der Waals surface area contributed by atoms with Crippen molar-refractivity contribution in [2.75, 3.05) is 0 Å². The van der Waals surface area contributed by atoms with Gasteiger partial charge in [-0.3, -0.25) is 4.57 Å². The molecule has 2 aromatic carbocycles. The lowest BCUT2D eigenvalue weighted by atomic mass is 10.0. The molecular formula is C24H24N2S. The first-order valence-corrected chi connectivity index (χ1v) is 10.1. The van der Waals surface area contributed by atoms with E-state index in [2.05, 4.69) is 87.2 Å². The molecular weight excluding hydrogens is 348 g/mol. The molecule has 0 aliphatic carbocycles. The van der Waals surface area contributed by atoms with Crippen molar-refractivity contribution in [1.29, 1.82) is 0 Å². The maximum absolute atomic E-state index is 5.10. The Balaban J connectivity index is 2.01. The first-order chi connectivity index (χ1) is 13.0. The molecule has 0 radical (unpaired) electrons. The topological polar surface area (TPSA) is 17.8 Å². The Hall–Kier alpha value is -2.65. The molecule has 0 aliphatic heterocycles. The highest BCUT2D eigenvalue weighted by atomic mass is 32.1. The van der Waals surface area contributed by atoms with Crippen LogP contribution < -0.4 is 0 Å². The second-order valence-electron chi connectivity index (χ2n) is 7.28. The van der Waals surface area contributed by atoms with Crippen molar-refractivity contribution in [2.24, 2.45) is 0 Å². The summed E-state index contributed by atoms with van der Waals surface area (Å²) < 4.78 is 2.27. The summed E-state index contributed by atoms with van der Waals surface area (Å²) in [6, 6.07) is 15.0. The van der Waals surface area contributed by atoms with Gasteiger partial charge in [-0.15, -0.1) is 11.3 Å². The molecule has 0 atom stereocenters. The normalized spacial score (nSPS) is 11.1. The van der Waals surface area contributed by atoms with Crippen LogP contribution in [0, 0.1) is 34.6 Å². The number of aryl methyl sites for hydroxylation is 5. The Morgan fingerprint density at radius 3 is 2.11 bits per heavy atom. The van der Waals surface area contributed by atoms with Crippen molar-refractivity contribution >= 4 is 11.3 Å². The third-order valence-electron chi connectivity index (χ3n) is 5.03. The molecule has 0 unspecified atom stereocenters. The average Bonchev–Trinajstić information content (AvgIpc) is 3.18. The summed E-state index contributed by atoms with van der Waals surface area (Å²) in [4.78, 5) is 6.41. The van der Waals surface area contributed by atoms with Crippen molar-refractivity contribution in [3.63, 3.8) is 0 Å². The molecule has 0 N–H and O–H groups in total. The van der Waals surface area contributed by atoms with E-state index in [0.717, 1.165) is 17.1 Å². The van der Waals surface area contributed by atoms with Crippen LogP contribution in [0.4, 0.5) is 0 Å². The van der Waals surface area contributed by atoms with Gasteiger partial charge < -0.3 is 0 Å². The van der Waals surface area contributed by atoms with Gasteiger partial charge in [0.25, 0.3) is 0 Å². The number of aromatic nitrogens is 2. The predicted molar refractivity (Wildman–Crippen MR) is 116 cm³/mol. The molecule has 0 spiro atoms. The fourth-order valence-electron chi connectivity index (χ4n) is 3.97. The SMILES string of the molecule is Cc1cc(C)c(-n2cc(-c3c(C)csc3C)nc2-c2ccccc2)c(C)c1. The quantitative estimate of drug-likeness (QED) is 0.386. The molecule has 2 heterocycles. The maximum atomic E-state index is 5.10. The zero-order chi connectivity index (χ0) is 19.1. The molecule has 0 amide bonds. The van der Waals surface area contributed by atoms with Gasteiger partial charge in [-0.25, -0.2) is 4.98 Å². The molecule has 4 rings (SSSR count). The van der Waals surface area contributed by atoms with Gasteiger partial charge in [0.15, 0.2) is 0 Å². The first kappa shape index (κ1) is 17.7. The van der Waals surface area contributed by atoms with E-state index in [9.17, 15) is 0 Å². The molecule has 0 fully saturated rings. The fraction of sp³-hybridized carbons (Fsp3) is 0.208. The van der Waals surface area contributed by atoms with Crippen LogP contribution in [-0.2, 0) is 0 Å². The highest BCUT2D eigenvalue weighted by Crippen LogP contribution is 2.35. The van der Waals surface area contributed by atoms with Crippen LogP contribution in [0.5, 0.6) is 0 Å². The Morgan fingerprint density at radius 1 is 0.852 bits per heavy atom. The minimum Gasteiger partial charge on any atom is -0.299 e. The zero-order valence-corrected chi connectivity index (χ0v) is 17.3. The molecule has 0 aliphatic rings. The highest BCUT2D eigenvalue weighted by molar-refractivity contribution is 7.10. The predicted octanol–water partition coefficient (Wildman–Crippen LogP) is 6.81. The number of rotatable bonds is 3. The smallest absolute Gasteiger partial charge is 0.145 e. The lowest BCUT2D eigenvalue weighted by molar-refractivity contribution is 1.03. The van der Waals surface area contributed by atoms with E-state index in [1.807, 2.05) is 6.07 Å². The number of nitrogens with zero attached hydrogens (tertiary/aromatic N) is 2. The Kier molecular flexibility index (Phi) is 4.48. The monoisotopic (exact) mass is 372 g/mol. The number of thiophene rings is 1. The summed E-state index contributed by atoms with van der Waals surface area (Å²) in [6.07, 6.45) is 2.20. The van der Waals surface area contributed by atoms with Crippen molar-refractivity contribution in [3.05, 3.63) is 81.2 Å². The van der Waals surface area contributed by atoms with Gasteiger partial charge in [-0.2, -0.15) is 0 Å².